The van der Waals surface area contributed by atoms with Crippen molar-refractivity contribution in [2.75, 3.05) is 25.5 Å². The van der Waals surface area contributed by atoms with E-state index in [2.05, 4.69) is 10.0 Å². The van der Waals surface area contributed by atoms with Gasteiger partial charge in [0.1, 0.15) is 11.5 Å². The molecule has 0 radical (unpaired) electrons. The summed E-state index contributed by atoms with van der Waals surface area (Å²) >= 11 is 0. The van der Waals surface area contributed by atoms with Crippen molar-refractivity contribution >= 4 is 27.6 Å². The molecule has 22 heavy (non-hydrogen) atoms. The Kier molecular flexibility index (Phi) is 4.40. The van der Waals surface area contributed by atoms with Crippen molar-refractivity contribution in [3.8, 4) is 11.5 Å². The van der Waals surface area contributed by atoms with Gasteiger partial charge >= 0.3 is 6.03 Å². The molecule has 0 aromatic heterocycles. The van der Waals surface area contributed by atoms with Crippen LogP contribution in [0.1, 0.15) is 0 Å². The number of sulfonamides is 1. The van der Waals surface area contributed by atoms with Gasteiger partial charge in [-0.3, -0.25) is 14.8 Å². The summed E-state index contributed by atoms with van der Waals surface area (Å²) in [7, 11) is -1.19. The Hall–Kier alpha value is -2.49. The molecule has 0 aliphatic carbocycles. The maximum absolute atomic E-state index is 12.3. The number of amides is 3. The molecule has 1 aromatic rings. The van der Waals surface area contributed by atoms with Crippen molar-refractivity contribution in [3.63, 3.8) is 0 Å². The van der Waals surface area contributed by atoms with Crippen LogP contribution in [0.25, 0.3) is 0 Å². The summed E-state index contributed by atoms with van der Waals surface area (Å²) in [6.07, 6.45) is 0. The number of nitrogens with one attached hydrogen (secondary N) is 3. The molecule has 1 fully saturated rings. The molecule has 1 unspecified atom stereocenters. The van der Waals surface area contributed by atoms with Crippen LogP contribution in [0.15, 0.2) is 18.2 Å². The first-order chi connectivity index (χ1) is 10.4. The van der Waals surface area contributed by atoms with Crippen molar-refractivity contribution in [2.24, 2.45) is 0 Å². The summed E-state index contributed by atoms with van der Waals surface area (Å²) in [5.41, 5.74) is 0.181. The number of benzene rings is 1. The predicted octanol–water partition coefficient (Wildman–Crippen LogP) is -0.347. The minimum Gasteiger partial charge on any atom is -0.497 e. The maximum atomic E-state index is 12.3. The van der Waals surface area contributed by atoms with Crippen molar-refractivity contribution in [3.05, 3.63) is 18.2 Å². The van der Waals surface area contributed by atoms with Gasteiger partial charge < -0.3 is 14.8 Å². The molecular weight excluding hydrogens is 314 g/mol. The van der Waals surface area contributed by atoms with Gasteiger partial charge in [-0.25, -0.2) is 13.2 Å². The second-order valence-electron chi connectivity index (χ2n) is 4.44. The highest BCUT2D eigenvalue weighted by atomic mass is 32.2. The first-order valence-electron chi connectivity index (χ1n) is 6.19. The Labute approximate surface area is 127 Å². The van der Waals surface area contributed by atoms with Gasteiger partial charge in [-0.05, 0) is 0 Å². The van der Waals surface area contributed by atoms with Crippen molar-refractivity contribution < 1.29 is 27.5 Å². The molecule has 1 aliphatic rings. The molecule has 10 heteroatoms. The van der Waals surface area contributed by atoms with Gasteiger partial charge in [0.2, 0.25) is 15.9 Å². The molecule has 120 valence electrons. The van der Waals surface area contributed by atoms with E-state index in [0.29, 0.717) is 11.5 Å². The highest BCUT2D eigenvalue weighted by Crippen LogP contribution is 2.27. The average molecular weight is 329 g/mol. The smallest absolute Gasteiger partial charge is 0.321 e. The fraction of sp³-hybridized carbons (Fsp3) is 0.333. The molecule has 9 nitrogen and oxygen atoms in total. The second kappa shape index (κ2) is 6.10. The van der Waals surface area contributed by atoms with Crippen LogP contribution in [0, 0.1) is 0 Å². The predicted molar refractivity (Wildman–Crippen MR) is 77.4 cm³/mol. The number of rotatable bonds is 5. The SMILES string of the molecule is COc1cc(NS(=O)(=O)C2CNC(=O)NC2=O)cc(OC)c1. The van der Waals surface area contributed by atoms with E-state index in [-0.39, 0.29) is 12.2 Å². The van der Waals surface area contributed by atoms with Gasteiger partial charge in [0.15, 0.2) is 5.25 Å². The third-order valence-corrected chi connectivity index (χ3v) is 4.61. The zero-order chi connectivity index (χ0) is 16.3. The van der Waals surface area contributed by atoms with E-state index < -0.39 is 27.2 Å². The van der Waals surface area contributed by atoms with Crippen LogP contribution in [0.4, 0.5) is 10.5 Å². The lowest BCUT2D eigenvalue weighted by Gasteiger charge is -2.22. The minimum atomic E-state index is -4.05. The fourth-order valence-electron chi connectivity index (χ4n) is 1.87. The number of ether oxygens (including phenoxy) is 2. The second-order valence-corrected chi connectivity index (χ2v) is 6.30. The van der Waals surface area contributed by atoms with Gasteiger partial charge in [0.25, 0.3) is 0 Å². The zero-order valence-corrected chi connectivity index (χ0v) is 12.7. The molecule has 0 bridgehead atoms. The van der Waals surface area contributed by atoms with Gasteiger partial charge in [0.05, 0.1) is 19.9 Å². The topological polar surface area (TPSA) is 123 Å². The van der Waals surface area contributed by atoms with Crippen molar-refractivity contribution in [2.45, 2.75) is 5.25 Å². The number of hydrogen-bond acceptors (Lipinski definition) is 6. The summed E-state index contributed by atoms with van der Waals surface area (Å²) in [4.78, 5) is 22.6. The number of anilines is 1. The summed E-state index contributed by atoms with van der Waals surface area (Å²) in [5, 5.41) is 2.74. The van der Waals surface area contributed by atoms with Crippen molar-refractivity contribution in [1.82, 2.24) is 10.6 Å². The Morgan fingerprint density at radius 1 is 1.14 bits per heavy atom. The van der Waals surface area contributed by atoms with E-state index in [1.165, 1.54) is 26.4 Å². The number of imide groups is 1. The molecule has 1 aliphatic heterocycles. The Balaban J connectivity index is 2.25. The lowest BCUT2D eigenvalue weighted by molar-refractivity contribution is -0.120. The quantitative estimate of drug-likeness (QED) is 0.679. The van der Waals surface area contributed by atoms with Crippen LogP contribution in [-0.2, 0) is 14.8 Å². The molecule has 3 N–H and O–H groups in total. The molecule has 0 spiro atoms. The number of urea groups is 1. The Morgan fingerprint density at radius 2 is 1.73 bits per heavy atom. The van der Waals surface area contributed by atoms with Crippen LogP contribution >= 0.6 is 0 Å². The molecule has 1 atom stereocenters. The molecule has 1 aromatic carbocycles. The van der Waals surface area contributed by atoms with E-state index in [1.54, 1.807) is 6.07 Å². The highest BCUT2D eigenvalue weighted by molar-refractivity contribution is 7.94. The Morgan fingerprint density at radius 3 is 2.23 bits per heavy atom. The number of carbonyl (C=O) groups is 2. The molecule has 1 saturated heterocycles. The normalized spacial score (nSPS) is 18.2. The van der Waals surface area contributed by atoms with Crippen LogP contribution in [0.5, 0.6) is 11.5 Å². The summed E-state index contributed by atoms with van der Waals surface area (Å²) < 4.78 is 36.9. The minimum absolute atomic E-state index is 0.181. The summed E-state index contributed by atoms with van der Waals surface area (Å²) in [5.74, 6) is -0.108. The monoisotopic (exact) mass is 329 g/mol. The van der Waals surface area contributed by atoms with Gasteiger partial charge in [-0.2, -0.15) is 0 Å². The maximum Gasteiger partial charge on any atom is 0.321 e. The Bertz CT molecular complexity index is 681. The molecular formula is C12H15N3O6S. The van der Waals surface area contributed by atoms with E-state index in [4.69, 9.17) is 9.47 Å². The van der Waals surface area contributed by atoms with Gasteiger partial charge in [0, 0.05) is 24.7 Å². The lowest BCUT2D eigenvalue weighted by atomic mass is 10.3. The molecule has 2 rings (SSSR count). The lowest BCUT2D eigenvalue weighted by Crippen LogP contribution is -2.58. The first kappa shape index (κ1) is 15.9. The van der Waals surface area contributed by atoms with Gasteiger partial charge in [-0.15, -0.1) is 0 Å². The van der Waals surface area contributed by atoms with Crippen LogP contribution in [0.3, 0.4) is 0 Å². The standard InChI is InChI=1S/C12H15N3O6S/c1-20-8-3-7(4-9(5-8)21-2)15-22(18,19)10-6-13-12(17)14-11(10)16/h3-5,10,15H,6H2,1-2H3,(H2,13,14,16,17). The third-order valence-electron chi connectivity index (χ3n) is 2.96. The highest BCUT2D eigenvalue weighted by Gasteiger charge is 2.37. The summed E-state index contributed by atoms with van der Waals surface area (Å²) in [6, 6.07) is 3.74. The van der Waals surface area contributed by atoms with Crippen molar-refractivity contribution in [1.29, 1.82) is 0 Å². The van der Waals surface area contributed by atoms with Crippen LogP contribution < -0.4 is 24.8 Å². The van der Waals surface area contributed by atoms with E-state index >= 15 is 0 Å². The zero-order valence-electron chi connectivity index (χ0n) is 11.9. The number of carbonyl (C=O) groups excluding carboxylic acids is 2. The van der Waals surface area contributed by atoms with E-state index in [0.717, 1.165) is 0 Å². The number of hydrogen-bond donors (Lipinski definition) is 3. The summed E-state index contributed by atoms with van der Waals surface area (Å²) in [6.45, 7) is -0.304. The third kappa shape index (κ3) is 3.39. The molecule has 0 saturated carbocycles. The molecule has 1 heterocycles. The fourth-order valence-corrected chi connectivity index (χ4v) is 3.10. The first-order valence-corrected chi connectivity index (χ1v) is 7.74. The van der Waals surface area contributed by atoms with E-state index in [9.17, 15) is 18.0 Å². The average Bonchev–Trinajstić information content (AvgIpc) is 2.45. The van der Waals surface area contributed by atoms with Gasteiger partial charge in [-0.1, -0.05) is 0 Å². The largest absolute Gasteiger partial charge is 0.497 e. The molecule has 3 amide bonds. The van der Waals surface area contributed by atoms with Crippen LogP contribution in [0.2, 0.25) is 0 Å². The van der Waals surface area contributed by atoms with E-state index in [1.807, 2.05) is 5.32 Å². The number of methoxy groups -OCH3 is 2. The van der Waals surface area contributed by atoms with Crippen LogP contribution in [-0.4, -0.2) is 46.4 Å².